The number of aldehydes is 1. The molecule has 0 atom stereocenters. The zero-order valence-electron chi connectivity index (χ0n) is 10.7. The molecule has 6 heteroatoms. The number of para-hydroxylation sites is 2. The van der Waals surface area contributed by atoms with Crippen molar-refractivity contribution < 1.29 is 14.1 Å². The molecule has 0 saturated heterocycles. The molecule has 104 valence electrons. The zero-order chi connectivity index (χ0) is 15.0. The molecular formula is C15H9FN2O3. The van der Waals surface area contributed by atoms with Crippen LogP contribution in [0, 0.1) is 15.9 Å². The van der Waals surface area contributed by atoms with Crippen LogP contribution in [0.1, 0.15) is 10.4 Å². The molecule has 2 aromatic carbocycles. The number of hydrogen-bond donors (Lipinski definition) is 1. The SMILES string of the molecule is O=Cc1c(-c2ccccc2[N+](=O)[O-])[nH]c2c(F)cccc12. The summed E-state index contributed by atoms with van der Waals surface area (Å²) in [5, 5.41) is 11.5. The minimum Gasteiger partial charge on any atom is -0.351 e. The minimum absolute atomic E-state index is 0.146. The first-order valence-corrected chi connectivity index (χ1v) is 6.12. The fraction of sp³-hybridized carbons (Fsp3) is 0. The molecule has 1 N–H and O–H groups in total. The molecule has 0 bridgehead atoms. The molecule has 0 aliphatic carbocycles. The highest BCUT2D eigenvalue weighted by Crippen LogP contribution is 2.35. The summed E-state index contributed by atoms with van der Waals surface area (Å²) in [5.41, 5.74) is 0.719. The van der Waals surface area contributed by atoms with Crippen LogP contribution in [0.25, 0.3) is 22.2 Å². The van der Waals surface area contributed by atoms with Gasteiger partial charge in [-0.3, -0.25) is 14.9 Å². The van der Waals surface area contributed by atoms with Gasteiger partial charge in [-0.15, -0.1) is 0 Å². The van der Waals surface area contributed by atoms with Gasteiger partial charge in [0.2, 0.25) is 0 Å². The Balaban J connectivity index is 2.38. The number of carbonyl (C=O) groups excluding carboxylic acids is 1. The third kappa shape index (κ3) is 1.97. The third-order valence-corrected chi connectivity index (χ3v) is 3.31. The number of halogens is 1. The van der Waals surface area contributed by atoms with Crippen LogP contribution in [0.3, 0.4) is 0 Å². The molecule has 0 radical (unpaired) electrons. The van der Waals surface area contributed by atoms with E-state index in [9.17, 15) is 19.3 Å². The fourth-order valence-corrected chi connectivity index (χ4v) is 2.38. The largest absolute Gasteiger partial charge is 0.351 e. The molecule has 0 fully saturated rings. The highest BCUT2D eigenvalue weighted by Gasteiger charge is 2.21. The number of aromatic nitrogens is 1. The van der Waals surface area contributed by atoms with Gasteiger partial charge in [-0.1, -0.05) is 24.3 Å². The van der Waals surface area contributed by atoms with E-state index in [1.54, 1.807) is 12.1 Å². The fourth-order valence-electron chi connectivity index (χ4n) is 2.38. The molecule has 3 rings (SSSR count). The van der Waals surface area contributed by atoms with E-state index in [-0.39, 0.29) is 28.0 Å². The summed E-state index contributed by atoms with van der Waals surface area (Å²) in [7, 11) is 0. The summed E-state index contributed by atoms with van der Waals surface area (Å²) >= 11 is 0. The van der Waals surface area contributed by atoms with E-state index in [1.807, 2.05) is 0 Å². The van der Waals surface area contributed by atoms with Crippen molar-refractivity contribution in [3.8, 4) is 11.3 Å². The van der Waals surface area contributed by atoms with E-state index in [0.717, 1.165) is 0 Å². The van der Waals surface area contributed by atoms with Crippen molar-refractivity contribution in [1.29, 1.82) is 0 Å². The maximum Gasteiger partial charge on any atom is 0.278 e. The van der Waals surface area contributed by atoms with Crippen LogP contribution in [0.2, 0.25) is 0 Å². The summed E-state index contributed by atoms with van der Waals surface area (Å²) in [6.07, 6.45) is 0.574. The van der Waals surface area contributed by atoms with Gasteiger partial charge in [-0.25, -0.2) is 4.39 Å². The number of nitrogens with zero attached hydrogens (tertiary/aromatic N) is 1. The predicted molar refractivity (Wildman–Crippen MR) is 75.7 cm³/mol. The van der Waals surface area contributed by atoms with Crippen molar-refractivity contribution in [3.05, 3.63) is 64.0 Å². The lowest BCUT2D eigenvalue weighted by molar-refractivity contribution is -0.384. The number of nitro benzene ring substituents is 1. The summed E-state index contributed by atoms with van der Waals surface area (Å²) < 4.78 is 13.8. The first-order chi connectivity index (χ1) is 10.1. The quantitative estimate of drug-likeness (QED) is 0.452. The number of nitro groups is 1. The van der Waals surface area contributed by atoms with Crippen molar-refractivity contribution >= 4 is 22.9 Å². The van der Waals surface area contributed by atoms with E-state index in [0.29, 0.717) is 11.7 Å². The second kappa shape index (κ2) is 4.82. The highest BCUT2D eigenvalue weighted by atomic mass is 19.1. The van der Waals surface area contributed by atoms with E-state index in [1.165, 1.54) is 30.3 Å². The molecule has 0 saturated carbocycles. The normalized spacial score (nSPS) is 10.7. The Morgan fingerprint density at radius 1 is 1.14 bits per heavy atom. The first-order valence-electron chi connectivity index (χ1n) is 6.12. The Hall–Kier alpha value is -3.02. The average Bonchev–Trinajstić information content (AvgIpc) is 2.87. The molecule has 1 heterocycles. The number of benzene rings is 2. The molecule has 0 amide bonds. The molecule has 0 spiro atoms. The van der Waals surface area contributed by atoms with Crippen LogP contribution < -0.4 is 0 Å². The summed E-state index contributed by atoms with van der Waals surface area (Å²) in [4.78, 5) is 24.7. The highest BCUT2D eigenvalue weighted by molar-refractivity contribution is 6.05. The summed E-state index contributed by atoms with van der Waals surface area (Å²) in [6.45, 7) is 0. The van der Waals surface area contributed by atoms with Crippen molar-refractivity contribution in [2.75, 3.05) is 0 Å². The first kappa shape index (κ1) is 13.0. The van der Waals surface area contributed by atoms with Gasteiger partial charge in [-0.2, -0.15) is 0 Å². The lowest BCUT2D eigenvalue weighted by Crippen LogP contribution is -1.93. The Kier molecular flexibility index (Phi) is 2.98. The second-order valence-corrected chi connectivity index (χ2v) is 4.47. The van der Waals surface area contributed by atoms with Gasteiger partial charge < -0.3 is 4.98 Å². The van der Waals surface area contributed by atoms with Gasteiger partial charge in [0.25, 0.3) is 5.69 Å². The Morgan fingerprint density at radius 2 is 1.90 bits per heavy atom. The minimum atomic E-state index is -0.536. The molecule has 21 heavy (non-hydrogen) atoms. The van der Waals surface area contributed by atoms with Crippen LogP contribution in [0.4, 0.5) is 10.1 Å². The number of carbonyl (C=O) groups is 1. The Labute approximate surface area is 118 Å². The van der Waals surface area contributed by atoms with Crippen molar-refractivity contribution in [2.45, 2.75) is 0 Å². The number of aromatic amines is 1. The maximum absolute atomic E-state index is 13.8. The molecule has 5 nitrogen and oxygen atoms in total. The van der Waals surface area contributed by atoms with E-state index in [4.69, 9.17) is 0 Å². The van der Waals surface area contributed by atoms with Gasteiger partial charge in [-0.05, 0) is 12.1 Å². The Bertz CT molecular complexity index is 870. The number of nitrogens with one attached hydrogen (secondary N) is 1. The third-order valence-electron chi connectivity index (χ3n) is 3.31. The Morgan fingerprint density at radius 3 is 2.62 bits per heavy atom. The van der Waals surface area contributed by atoms with Crippen LogP contribution in [-0.2, 0) is 0 Å². The van der Waals surface area contributed by atoms with E-state index in [2.05, 4.69) is 4.98 Å². The smallest absolute Gasteiger partial charge is 0.278 e. The van der Waals surface area contributed by atoms with Gasteiger partial charge in [0, 0.05) is 17.0 Å². The maximum atomic E-state index is 13.8. The monoisotopic (exact) mass is 284 g/mol. The predicted octanol–water partition coefficient (Wildman–Crippen LogP) is 3.69. The van der Waals surface area contributed by atoms with Gasteiger partial charge in [0.15, 0.2) is 6.29 Å². The molecule has 1 aromatic heterocycles. The van der Waals surface area contributed by atoms with Crippen LogP contribution in [0.5, 0.6) is 0 Å². The van der Waals surface area contributed by atoms with Gasteiger partial charge in [0.05, 0.1) is 21.7 Å². The van der Waals surface area contributed by atoms with Crippen LogP contribution >= 0.6 is 0 Å². The molecular weight excluding hydrogens is 275 g/mol. The van der Waals surface area contributed by atoms with Crippen molar-refractivity contribution in [2.24, 2.45) is 0 Å². The lowest BCUT2D eigenvalue weighted by Gasteiger charge is -2.01. The van der Waals surface area contributed by atoms with E-state index < -0.39 is 10.7 Å². The van der Waals surface area contributed by atoms with Crippen LogP contribution in [-0.4, -0.2) is 16.2 Å². The molecule has 0 aliphatic rings. The van der Waals surface area contributed by atoms with Gasteiger partial charge in [0.1, 0.15) is 5.82 Å². The number of hydrogen-bond acceptors (Lipinski definition) is 3. The summed E-state index contributed by atoms with van der Waals surface area (Å²) in [5.74, 6) is -0.513. The second-order valence-electron chi connectivity index (χ2n) is 4.47. The number of rotatable bonds is 3. The van der Waals surface area contributed by atoms with Crippen molar-refractivity contribution in [1.82, 2.24) is 4.98 Å². The average molecular weight is 284 g/mol. The lowest BCUT2D eigenvalue weighted by atomic mass is 10.0. The summed E-state index contributed by atoms with van der Waals surface area (Å²) in [6, 6.07) is 10.4. The molecule has 0 aliphatic heterocycles. The van der Waals surface area contributed by atoms with Gasteiger partial charge >= 0.3 is 0 Å². The number of fused-ring (bicyclic) bond motifs is 1. The van der Waals surface area contributed by atoms with E-state index >= 15 is 0 Å². The molecule has 3 aromatic rings. The topological polar surface area (TPSA) is 76.0 Å². The molecule has 0 unspecified atom stereocenters. The number of H-pyrrole nitrogens is 1. The van der Waals surface area contributed by atoms with Crippen LogP contribution in [0.15, 0.2) is 42.5 Å². The zero-order valence-corrected chi connectivity index (χ0v) is 10.7. The standard InChI is InChI=1S/C15H9FN2O3/c16-12-6-3-5-9-11(8-19)14(17-15(9)12)10-4-1-2-7-13(10)18(20)21/h1-8,17H. The van der Waals surface area contributed by atoms with Crippen molar-refractivity contribution in [3.63, 3.8) is 0 Å².